The highest BCUT2D eigenvalue weighted by Crippen LogP contribution is 2.18. The van der Waals surface area contributed by atoms with Gasteiger partial charge in [0.1, 0.15) is 0 Å². The van der Waals surface area contributed by atoms with Gasteiger partial charge in [-0.05, 0) is 19.9 Å². The molecule has 0 saturated carbocycles. The van der Waals surface area contributed by atoms with Crippen molar-refractivity contribution < 1.29 is 4.79 Å². The van der Waals surface area contributed by atoms with Crippen LogP contribution in [-0.2, 0) is 4.79 Å². The number of amides is 1. The van der Waals surface area contributed by atoms with Crippen LogP contribution >= 0.6 is 11.8 Å². The van der Waals surface area contributed by atoms with Crippen LogP contribution in [0.25, 0.3) is 5.78 Å². The summed E-state index contributed by atoms with van der Waals surface area (Å²) in [5.41, 5.74) is 1.86. The Morgan fingerprint density at radius 3 is 3.05 bits per heavy atom. The Morgan fingerprint density at radius 2 is 2.30 bits per heavy atom. The number of thioether (sulfide) groups is 1. The van der Waals surface area contributed by atoms with Crippen LogP contribution in [-0.4, -0.2) is 37.8 Å². The number of nitrogens with one attached hydrogen (secondary N) is 1. The van der Waals surface area contributed by atoms with Gasteiger partial charge >= 0.3 is 0 Å². The number of nitriles is 1. The first kappa shape index (κ1) is 14.3. The molecule has 2 heterocycles. The lowest BCUT2D eigenvalue weighted by Crippen LogP contribution is -2.26. The Kier molecular flexibility index (Phi) is 4.53. The van der Waals surface area contributed by atoms with Gasteiger partial charge in [-0.15, -0.1) is 10.2 Å². The van der Waals surface area contributed by atoms with Gasteiger partial charge in [0.05, 0.1) is 18.2 Å². The molecule has 7 nitrogen and oxygen atoms in total. The largest absolute Gasteiger partial charge is 0.354 e. The summed E-state index contributed by atoms with van der Waals surface area (Å²) in [4.78, 5) is 15.9. The Hall–Kier alpha value is -2.14. The van der Waals surface area contributed by atoms with E-state index >= 15 is 0 Å². The number of fused-ring (bicyclic) bond motifs is 1. The van der Waals surface area contributed by atoms with Crippen LogP contribution in [0.2, 0.25) is 0 Å². The van der Waals surface area contributed by atoms with E-state index in [2.05, 4.69) is 20.5 Å². The molecule has 20 heavy (non-hydrogen) atoms. The predicted octanol–water partition coefficient (Wildman–Crippen LogP) is 0.863. The van der Waals surface area contributed by atoms with Crippen molar-refractivity contribution in [3.05, 3.63) is 17.5 Å². The van der Waals surface area contributed by atoms with Crippen LogP contribution in [0, 0.1) is 25.2 Å². The smallest absolute Gasteiger partial charge is 0.256 e. The average Bonchev–Trinajstić information content (AvgIpc) is 2.80. The number of nitrogens with zero attached hydrogens (tertiary/aromatic N) is 5. The molecule has 0 aromatic carbocycles. The van der Waals surface area contributed by atoms with Crippen LogP contribution in [0.5, 0.6) is 0 Å². The lowest BCUT2D eigenvalue weighted by atomic mass is 10.3. The molecular weight excluding hydrogens is 276 g/mol. The Labute approximate surface area is 120 Å². The number of rotatable bonds is 5. The molecule has 0 spiro atoms. The highest BCUT2D eigenvalue weighted by atomic mass is 32.2. The molecule has 8 heteroatoms. The number of aryl methyl sites for hydroxylation is 2. The fourth-order valence-corrected chi connectivity index (χ4v) is 2.55. The number of carbonyl (C=O) groups is 1. The zero-order valence-corrected chi connectivity index (χ0v) is 12.1. The third-order valence-corrected chi connectivity index (χ3v) is 3.48. The minimum atomic E-state index is -0.125. The maximum atomic E-state index is 11.6. The number of hydrogen-bond donors (Lipinski definition) is 1. The van der Waals surface area contributed by atoms with Gasteiger partial charge in [-0.25, -0.2) is 4.98 Å². The summed E-state index contributed by atoms with van der Waals surface area (Å²) in [5.74, 6) is 0.647. The molecule has 2 rings (SSSR count). The minimum Gasteiger partial charge on any atom is -0.354 e. The van der Waals surface area contributed by atoms with E-state index in [1.165, 1.54) is 11.8 Å². The zero-order chi connectivity index (χ0) is 14.5. The van der Waals surface area contributed by atoms with Crippen molar-refractivity contribution in [2.75, 3.05) is 12.3 Å². The van der Waals surface area contributed by atoms with Crippen molar-refractivity contribution in [2.45, 2.75) is 25.4 Å². The van der Waals surface area contributed by atoms with E-state index in [1.54, 1.807) is 0 Å². The van der Waals surface area contributed by atoms with E-state index in [4.69, 9.17) is 5.26 Å². The number of carbonyl (C=O) groups excluding carboxylic acids is 1. The lowest BCUT2D eigenvalue weighted by molar-refractivity contribution is -0.118. The second kappa shape index (κ2) is 6.34. The van der Waals surface area contributed by atoms with Gasteiger partial charge in [0, 0.05) is 17.9 Å². The maximum Gasteiger partial charge on any atom is 0.256 e. The summed E-state index contributed by atoms with van der Waals surface area (Å²) >= 11 is 1.30. The summed E-state index contributed by atoms with van der Waals surface area (Å²) in [6, 6.07) is 3.91. The fraction of sp³-hybridized carbons (Fsp3) is 0.417. The van der Waals surface area contributed by atoms with E-state index in [0.29, 0.717) is 23.9 Å². The molecule has 0 atom stereocenters. The highest BCUT2D eigenvalue weighted by molar-refractivity contribution is 7.99. The van der Waals surface area contributed by atoms with E-state index in [-0.39, 0.29) is 11.7 Å². The fourth-order valence-electron chi connectivity index (χ4n) is 1.73. The van der Waals surface area contributed by atoms with Gasteiger partial charge in [0.25, 0.3) is 5.78 Å². The van der Waals surface area contributed by atoms with E-state index in [9.17, 15) is 4.79 Å². The number of aromatic nitrogens is 4. The molecule has 1 amide bonds. The SMILES string of the molecule is Cc1cc(C)n2c(SCC(=O)NCCC#N)nnc2n1. The summed E-state index contributed by atoms with van der Waals surface area (Å²) in [6.45, 7) is 4.22. The standard InChI is InChI=1S/C12H14N6OS/c1-8-6-9(2)18-11(15-8)16-17-12(18)20-7-10(19)14-5-3-4-13/h6H,3,5,7H2,1-2H3,(H,14,19). The van der Waals surface area contributed by atoms with Crippen LogP contribution in [0.1, 0.15) is 17.8 Å². The number of hydrogen-bond acceptors (Lipinski definition) is 6. The van der Waals surface area contributed by atoms with Gasteiger partial charge in [-0.1, -0.05) is 11.8 Å². The van der Waals surface area contributed by atoms with Gasteiger partial charge in [-0.3, -0.25) is 9.20 Å². The zero-order valence-electron chi connectivity index (χ0n) is 11.3. The second-order valence-electron chi connectivity index (χ2n) is 4.20. The first-order valence-corrected chi connectivity index (χ1v) is 7.06. The molecule has 2 aromatic rings. The summed E-state index contributed by atoms with van der Waals surface area (Å²) in [5, 5.41) is 19.7. The maximum absolute atomic E-state index is 11.6. The van der Waals surface area contributed by atoms with Crippen LogP contribution in [0.3, 0.4) is 0 Å². The second-order valence-corrected chi connectivity index (χ2v) is 5.15. The van der Waals surface area contributed by atoms with Gasteiger partial charge in [0.15, 0.2) is 5.16 Å². The normalized spacial score (nSPS) is 10.4. The van der Waals surface area contributed by atoms with Crippen LogP contribution in [0.15, 0.2) is 11.2 Å². The molecule has 0 bridgehead atoms. The van der Waals surface area contributed by atoms with E-state index in [1.807, 2.05) is 30.4 Å². The minimum absolute atomic E-state index is 0.125. The van der Waals surface area contributed by atoms with Crippen molar-refractivity contribution in [1.29, 1.82) is 5.26 Å². The molecule has 0 unspecified atom stereocenters. The Morgan fingerprint density at radius 1 is 1.50 bits per heavy atom. The molecule has 0 aliphatic rings. The molecule has 0 radical (unpaired) electrons. The lowest BCUT2D eigenvalue weighted by Gasteiger charge is -2.04. The topological polar surface area (TPSA) is 96.0 Å². The van der Waals surface area contributed by atoms with Crippen molar-refractivity contribution >= 4 is 23.4 Å². The van der Waals surface area contributed by atoms with Crippen LogP contribution < -0.4 is 5.32 Å². The molecule has 1 N–H and O–H groups in total. The van der Waals surface area contributed by atoms with Gasteiger partial charge < -0.3 is 5.32 Å². The van der Waals surface area contributed by atoms with Crippen molar-refractivity contribution in [1.82, 2.24) is 24.9 Å². The molecule has 0 saturated heterocycles. The third-order valence-electron chi connectivity index (χ3n) is 2.55. The van der Waals surface area contributed by atoms with Crippen molar-refractivity contribution in [3.8, 4) is 6.07 Å². The van der Waals surface area contributed by atoms with Gasteiger partial charge in [0.2, 0.25) is 5.91 Å². The van der Waals surface area contributed by atoms with Crippen molar-refractivity contribution in [2.24, 2.45) is 0 Å². The molecule has 104 valence electrons. The molecule has 0 aliphatic carbocycles. The first-order chi connectivity index (χ1) is 9.61. The molecule has 0 fully saturated rings. The van der Waals surface area contributed by atoms with Crippen molar-refractivity contribution in [3.63, 3.8) is 0 Å². The predicted molar refractivity (Wildman–Crippen MR) is 74.2 cm³/mol. The van der Waals surface area contributed by atoms with E-state index < -0.39 is 0 Å². The molecule has 0 aliphatic heterocycles. The summed E-state index contributed by atoms with van der Waals surface area (Å²) in [6.07, 6.45) is 0.312. The molecular formula is C12H14N6OS. The first-order valence-electron chi connectivity index (χ1n) is 6.07. The molecule has 2 aromatic heterocycles. The summed E-state index contributed by atoms with van der Waals surface area (Å²) < 4.78 is 1.82. The van der Waals surface area contributed by atoms with E-state index in [0.717, 1.165) is 11.4 Å². The monoisotopic (exact) mass is 290 g/mol. The highest BCUT2D eigenvalue weighted by Gasteiger charge is 2.11. The average molecular weight is 290 g/mol. The Balaban J connectivity index is 2.04. The third kappa shape index (κ3) is 3.24. The summed E-state index contributed by atoms with van der Waals surface area (Å²) in [7, 11) is 0. The van der Waals surface area contributed by atoms with Gasteiger partial charge in [-0.2, -0.15) is 5.26 Å². The van der Waals surface area contributed by atoms with Crippen LogP contribution in [0.4, 0.5) is 0 Å². The Bertz CT molecular complexity index is 674. The quantitative estimate of drug-likeness (QED) is 0.648.